The van der Waals surface area contributed by atoms with Crippen LogP contribution in [0.4, 0.5) is 13.2 Å². The molecule has 0 spiro atoms. The van der Waals surface area contributed by atoms with Crippen molar-refractivity contribution in [2.75, 3.05) is 46.3 Å². The number of amides is 1. The molecule has 0 saturated carbocycles. The van der Waals surface area contributed by atoms with Crippen molar-refractivity contribution < 1.29 is 18.0 Å². The molecule has 1 atom stereocenters. The first-order valence-electron chi connectivity index (χ1n) is 10.4. The average Bonchev–Trinajstić information content (AvgIpc) is 3.28. The summed E-state index contributed by atoms with van der Waals surface area (Å²) in [5.74, 6) is 0.929. The number of carbonyl (C=O) groups excluding carboxylic acids is 1. The first kappa shape index (κ1) is 25.7. The van der Waals surface area contributed by atoms with Gasteiger partial charge in [-0.05, 0) is 37.5 Å². The molecule has 1 amide bonds. The summed E-state index contributed by atoms with van der Waals surface area (Å²) < 4.78 is 38.1. The normalized spacial score (nSPS) is 19.2. The third kappa shape index (κ3) is 6.71. The molecule has 2 aliphatic heterocycles. The first-order chi connectivity index (χ1) is 14.3. The van der Waals surface area contributed by atoms with Crippen molar-refractivity contribution in [3.63, 3.8) is 0 Å². The fourth-order valence-electron chi connectivity index (χ4n) is 4.00. The van der Waals surface area contributed by atoms with Crippen LogP contribution >= 0.6 is 24.0 Å². The summed E-state index contributed by atoms with van der Waals surface area (Å²) in [6.45, 7) is 7.12. The lowest BCUT2D eigenvalue weighted by Gasteiger charge is -2.39. The van der Waals surface area contributed by atoms with E-state index >= 15 is 0 Å². The van der Waals surface area contributed by atoms with Crippen molar-refractivity contribution in [2.45, 2.75) is 38.5 Å². The van der Waals surface area contributed by atoms with Crippen LogP contribution in [0.25, 0.3) is 0 Å². The second kappa shape index (κ2) is 11.3. The molecule has 174 valence electrons. The van der Waals surface area contributed by atoms with Crippen LogP contribution in [0.15, 0.2) is 29.3 Å². The van der Waals surface area contributed by atoms with Gasteiger partial charge in [-0.2, -0.15) is 13.2 Å². The maximum atomic E-state index is 12.7. The molecule has 0 aromatic heterocycles. The molecule has 2 fully saturated rings. The van der Waals surface area contributed by atoms with E-state index in [9.17, 15) is 18.0 Å². The lowest BCUT2D eigenvalue weighted by molar-refractivity contribution is -0.137. The Labute approximate surface area is 198 Å². The number of rotatable bonds is 4. The predicted octanol–water partition coefficient (Wildman–Crippen LogP) is 3.03. The molecule has 2 heterocycles. The van der Waals surface area contributed by atoms with Gasteiger partial charge in [-0.25, -0.2) is 0 Å². The maximum Gasteiger partial charge on any atom is 0.416 e. The van der Waals surface area contributed by atoms with E-state index in [-0.39, 0.29) is 35.9 Å². The zero-order valence-electron chi connectivity index (χ0n) is 18.0. The lowest BCUT2D eigenvalue weighted by atomic mass is 10.1. The Hall–Kier alpha value is -1.56. The fourth-order valence-corrected chi connectivity index (χ4v) is 4.00. The number of hydrogen-bond donors (Lipinski definition) is 1. The first-order valence-corrected chi connectivity index (χ1v) is 10.4. The van der Waals surface area contributed by atoms with Crippen LogP contribution in [-0.4, -0.2) is 78.9 Å². The lowest BCUT2D eigenvalue weighted by Crippen LogP contribution is -2.57. The molecule has 2 aliphatic rings. The SMILES string of the molecule is CN=C(NCc1ccc(C(F)(F)F)cc1)N1CCN(C(C)C(=O)N2CCCC2)CC1.I. The van der Waals surface area contributed by atoms with Gasteiger partial charge in [-0.3, -0.25) is 14.7 Å². The standard InChI is InChI=1S/C21H30F3N5O.HI/c1-16(19(30)28-9-3-4-10-28)27-11-13-29(14-12-27)20(25-2)26-15-17-5-7-18(8-6-17)21(22,23)24;/h5-8,16H,3-4,9-15H2,1-2H3,(H,25,26);1H. The highest BCUT2D eigenvalue weighted by Gasteiger charge is 2.31. The third-order valence-electron chi connectivity index (χ3n) is 5.88. The van der Waals surface area contributed by atoms with E-state index in [0.717, 1.165) is 69.8 Å². The summed E-state index contributed by atoms with van der Waals surface area (Å²) in [6.07, 6.45) is -2.14. The summed E-state index contributed by atoms with van der Waals surface area (Å²) in [6, 6.07) is 5.03. The van der Waals surface area contributed by atoms with Crippen molar-refractivity contribution in [3.8, 4) is 0 Å². The van der Waals surface area contributed by atoms with Gasteiger partial charge >= 0.3 is 6.18 Å². The molecular weight excluding hydrogens is 522 g/mol. The van der Waals surface area contributed by atoms with Gasteiger partial charge in [0.05, 0.1) is 11.6 Å². The topological polar surface area (TPSA) is 51.2 Å². The zero-order valence-corrected chi connectivity index (χ0v) is 20.3. The van der Waals surface area contributed by atoms with Gasteiger partial charge in [0.15, 0.2) is 5.96 Å². The van der Waals surface area contributed by atoms with Crippen molar-refractivity contribution in [3.05, 3.63) is 35.4 Å². The summed E-state index contributed by atoms with van der Waals surface area (Å²) in [5.41, 5.74) is 0.108. The smallest absolute Gasteiger partial charge is 0.352 e. The summed E-state index contributed by atoms with van der Waals surface area (Å²) in [5, 5.41) is 3.23. The molecule has 1 aromatic rings. The highest BCUT2D eigenvalue weighted by Crippen LogP contribution is 2.29. The minimum atomic E-state index is -4.32. The number of aliphatic imine (C=N–C) groups is 1. The van der Waals surface area contributed by atoms with Gasteiger partial charge in [0.1, 0.15) is 0 Å². The molecule has 31 heavy (non-hydrogen) atoms. The van der Waals surface area contributed by atoms with Gasteiger partial charge in [-0.15, -0.1) is 24.0 Å². The van der Waals surface area contributed by atoms with E-state index in [0.29, 0.717) is 12.5 Å². The number of piperazine rings is 1. The molecular formula is C21H31F3IN5O. The Morgan fingerprint density at radius 3 is 2.13 bits per heavy atom. The molecule has 2 saturated heterocycles. The molecule has 0 radical (unpaired) electrons. The maximum absolute atomic E-state index is 12.7. The Morgan fingerprint density at radius 1 is 1.03 bits per heavy atom. The Balaban J connectivity index is 0.00000341. The average molecular weight is 553 g/mol. The fraction of sp³-hybridized carbons (Fsp3) is 0.619. The summed E-state index contributed by atoms with van der Waals surface area (Å²) >= 11 is 0. The van der Waals surface area contributed by atoms with Gasteiger partial charge in [0, 0.05) is 52.9 Å². The Bertz CT molecular complexity index is 742. The number of carbonyl (C=O) groups is 1. The van der Waals surface area contributed by atoms with Crippen LogP contribution in [0.2, 0.25) is 0 Å². The Morgan fingerprint density at radius 2 is 1.61 bits per heavy atom. The number of likely N-dealkylation sites (tertiary alicyclic amines) is 1. The van der Waals surface area contributed by atoms with E-state index in [1.165, 1.54) is 12.1 Å². The van der Waals surface area contributed by atoms with Crippen molar-refractivity contribution in [1.29, 1.82) is 0 Å². The summed E-state index contributed by atoms with van der Waals surface area (Å²) in [7, 11) is 1.70. The van der Waals surface area contributed by atoms with Gasteiger partial charge in [0.25, 0.3) is 0 Å². The monoisotopic (exact) mass is 553 g/mol. The highest BCUT2D eigenvalue weighted by molar-refractivity contribution is 14.0. The molecule has 1 aromatic carbocycles. The number of benzene rings is 1. The molecule has 6 nitrogen and oxygen atoms in total. The number of halogens is 4. The van der Waals surface area contributed by atoms with Crippen LogP contribution in [0.5, 0.6) is 0 Å². The van der Waals surface area contributed by atoms with Crippen molar-refractivity contribution >= 4 is 35.8 Å². The van der Waals surface area contributed by atoms with E-state index in [1.54, 1.807) is 7.05 Å². The second-order valence-corrected chi connectivity index (χ2v) is 7.83. The quantitative estimate of drug-likeness (QED) is 0.354. The third-order valence-corrected chi connectivity index (χ3v) is 5.88. The zero-order chi connectivity index (χ0) is 21.7. The number of hydrogen-bond acceptors (Lipinski definition) is 3. The highest BCUT2D eigenvalue weighted by atomic mass is 127. The van der Waals surface area contributed by atoms with Crippen LogP contribution in [-0.2, 0) is 17.5 Å². The van der Waals surface area contributed by atoms with Crippen molar-refractivity contribution in [1.82, 2.24) is 20.0 Å². The molecule has 1 unspecified atom stereocenters. The minimum Gasteiger partial charge on any atom is -0.352 e. The molecule has 10 heteroatoms. The van der Waals surface area contributed by atoms with E-state index in [1.807, 2.05) is 11.8 Å². The van der Waals surface area contributed by atoms with E-state index in [4.69, 9.17) is 0 Å². The van der Waals surface area contributed by atoms with Crippen molar-refractivity contribution in [2.24, 2.45) is 4.99 Å². The molecule has 1 N–H and O–H groups in total. The van der Waals surface area contributed by atoms with Crippen LogP contribution < -0.4 is 5.32 Å². The molecule has 3 rings (SSSR count). The number of nitrogens with one attached hydrogen (secondary N) is 1. The van der Waals surface area contributed by atoms with E-state index < -0.39 is 11.7 Å². The predicted molar refractivity (Wildman–Crippen MR) is 125 cm³/mol. The van der Waals surface area contributed by atoms with Crippen LogP contribution in [0.3, 0.4) is 0 Å². The number of guanidine groups is 1. The van der Waals surface area contributed by atoms with Gasteiger partial charge in [0.2, 0.25) is 5.91 Å². The summed E-state index contributed by atoms with van der Waals surface area (Å²) in [4.78, 5) is 23.2. The number of alkyl halides is 3. The van der Waals surface area contributed by atoms with Crippen LogP contribution in [0, 0.1) is 0 Å². The minimum absolute atomic E-state index is 0. The van der Waals surface area contributed by atoms with Gasteiger partial charge < -0.3 is 15.1 Å². The molecule has 0 aliphatic carbocycles. The van der Waals surface area contributed by atoms with Gasteiger partial charge in [-0.1, -0.05) is 12.1 Å². The van der Waals surface area contributed by atoms with Crippen LogP contribution in [0.1, 0.15) is 30.9 Å². The van der Waals surface area contributed by atoms with E-state index in [2.05, 4.69) is 20.1 Å². The Kier molecular flexibility index (Phi) is 9.41. The largest absolute Gasteiger partial charge is 0.416 e. The number of nitrogens with zero attached hydrogens (tertiary/aromatic N) is 4. The second-order valence-electron chi connectivity index (χ2n) is 7.83. The molecule has 0 bridgehead atoms.